The van der Waals surface area contributed by atoms with Crippen molar-refractivity contribution in [2.75, 3.05) is 6.61 Å². The highest BCUT2D eigenvalue weighted by atomic mass is 32.2. The Bertz CT molecular complexity index is 1050. The van der Waals surface area contributed by atoms with Gasteiger partial charge in [-0.3, -0.25) is 4.79 Å². The Hall–Kier alpha value is -2.66. The smallest absolute Gasteiger partial charge is 0.325 e. The summed E-state index contributed by atoms with van der Waals surface area (Å²) >= 11 is 0. The zero-order chi connectivity index (χ0) is 19.4. The molecule has 3 aromatic rings. The maximum absolute atomic E-state index is 13.2. The maximum atomic E-state index is 13.2. The number of carbonyl (C=O) groups excluding carboxylic acids is 1. The number of sulfone groups is 1. The number of rotatable bonds is 6. The Kier molecular flexibility index (Phi) is 5.61. The van der Waals surface area contributed by atoms with E-state index in [4.69, 9.17) is 4.74 Å². The molecule has 0 aliphatic carbocycles. The summed E-state index contributed by atoms with van der Waals surface area (Å²) in [5.74, 6) is -0.717. The monoisotopic (exact) mass is 382 g/mol. The average Bonchev–Trinajstić information content (AvgIpc) is 2.66. The average molecular weight is 382 g/mol. The van der Waals surface area contributed by atoms with E-state index >= 15 is 0 Å². The largest absolute Gasteiger partial charge is 0.465 e. The highest BCUT2D eigenvalue weighted by Gasteiger charge is 2.35. The lowest BCUT2D eigenvalue weighted by Gasteiger charge is -2.18. The summed E-state index contributed by atoms with van der Waals surface area (Å²) in [6, 6.07) is 20.0. The molecule has 0 bridgehead atoms. The van der Waals surface area contributed by atoms with Gasteiger partial charge < -0.3 is 4.74 Å². The molecule has 5 heteroatoms. The minimum Gasteiger partial charge on any atom is -0.465 e. The molecule has 3 rings (SSSR count). The van der Waals surface area contributed by atoms with Gasteiger partial charge in [-0.2, -0.15) is 0 Å². The lowest BCUT2D eigenvalue weighted by molar-refractivity contribution is -0.142. The Labute approximate surface area is 159 Å². The molecule has 0 N–H and O–H groups in total. The molecule has 140 valence electrons. The quantitative estimate of drug-likeness (QED) is 0.602. The number of esters is 1. The molecule has 1 atom stereocenters. The molecule has 27 heavy (non-hydrogen) atoms. The van der Waals surface area contributed by atoms with Gasteiger partial charge in [0.2, 0.25) is 0 Å². The van der Waals surface area contributed by atoms with Crippen LogP contribution in [0, 0.1) is 6.92 Å². The van der Waals surface area contributed by atoms with Crippen LogP contribution in [0.25, 0.3) is 10.8 Å². The summed E-state index contributed by atoms with van der Waals surface area (Å²) in [6.07, 6.45) is 0.0659. The lowest BCUT2D eigenvalue weighted by Crippen LogP contribution is -2.34. The third kappa shape index (κ3) is 4.03. The number of benzene rings is 3. The van der Waals surface area contributed by atoms with Crippen LogP contribution in [0.2, 0.25) is 0 Å². The molecule has 0 radical (unpaired) electrons. The van der Waals surface area contributed by atoms with E-state index in [1.54, 1.807) is 31.2 Å². The molecule has 0 saturated carbocycles. The maximum Gasteiger partial charge on any atom is 0.325 e. The van der Waals surface area contributed by atoms with E-state index in [1.807, 2.05) is 49.4 Å². The van der Waals surface area contributed by atoms with Gasteiger partial charge in [0.1, 0.15) is 0 Å². The van der Waals surface area contributed by atoms with Gasteiger partial charge in [0, 0.05) is 6.42 Å². The first-order valence-corrected chi connectivity index (χ1v) is 10.4. The molecule has 4 nitrogen and oxygen atoms in total. The van der Waals surface area contributed by atoms with Crippen LogP contribution in [0.3, 0.4) is 0 Å². The van der Waals surface area contributed by atoms with E-state index in [0.717, 1.165) is 21.9 Å². The van der Waals surface area contributed by atoms with Gasteiger partial charge >= 0.3 is 5.97 Å². The summed E-state index contributed by atoms with van der Waals surface area (Å²) < 4.78 is 31.5. The minimum atomic E-state index is -3.88. The Morgan fingerprint density at radius 3 is 2.33 bits per heavy atom. The van der Waals surface area contributed by atoms with Gasteiger partial charge in [-0.15, -0.1) is 0 Å². The number of aryl methyl sites for hydroxylation is 1. The van der Waals surface area contributed by atoms with Crippen LogP contribution in [-0.2, 0) is 25.8 Å². The van der Waals surface area contributed by atoms with E-state index < -0.39 is 21.1 Å². The molecule has 1 unspecified atom stereocenters. The normalized spacial score (nSPS) is 12.7. The second-order valence-electron chi connectivity index (χ2n) is 6.44. The van der Waals surface area contributed by atoms with Crippen LogP contribution in [-0.4, -0.2) is 26.2 Å². The Morgan fingerprint density at radius 2 is 1.63 bits per heavy atom. The molecule has 0 spiro atoms. The molecular weight excluding hydrogens is 360 g/mol. The van der Waals surface area contributed by atoms with Crippen LogP contribution in [0.5, 0.6) is 0 Å². The molecule has 0 saturated heterocycles. The second kappa shape index (κ2) is 7.92. The van der Waals surface area contributed by atoms with Crippen molar-refractivity contribution in [3.8, 4) is 0 Å². The van der Waals surface area contributed by atoms with Crippen molar-refractivity contribution in [2.45, 2.75) is 30.4 Å². The summed E-state index contributed by atoms with van der Waals surface area (Å²) in [7, 11) is -3.88. The summed E-state index contributed by atoms with van der Waals surface area (Å²) in [5, 5.41) is 0.657. The molecule has 0 fully saturated rings. The number of hydrogen-bond donors (Lipinski definition) is 0. The van der Waals surface area contributed by atoms with E-state index in [2.05, 4.69) is 0 Å². The first-order chi connectivity index (χ1) is 12.9. The van der Waals surface area contributed by atoms with Gasteiger partial charge in [0.15, 0.2) is 15.1 Å². The summed E-state index contributed by atoms with van der Waals surface area (Å²) in [6.45, 7) is 3.69. The van der Waals surface area contributed by atoms with E-state index in [-0.39, 0.29) is 17.9 Å². The standard InChI is InChI=1S/C22H22O4S/c1-3-26-22(23)21(27(24,25)19-13-11-16(2)12-14-19)15-18-9-6-8-17-7-4-5-10-20(17)18/h4-14,21H,3,15H2,1-2H3. The number of carbonyl (C=O) groups is 1. The van der Waals surface area contributed by atoms with Crippen molar-refractivity contribution in [3.05, 3.63) is 77.9 Å². The molecule has 3 aromatic carbocycles. The summed E-state index contributed by atoms with van der Waals surface area (Å²) in [5.41, 5.74) is 1.76. The third-order valence-corrected chi connectivity index (χ3v) is 6.60. The Morgan fingerprint density at radius 1 is 0.963 bits per heavy atom. The predicted octanol–water partition coefficient (Wildman–Crippen LogP) is 4.10. The molecule has 0 aromatic heterocycles. The van der Waals surface area contributed by atoms with Crippen LogP contribution >= 0.6 is 0 Å². The predicted molar refractivity (Wildman–Crippen MR) is 106 cm³/mol. The number of fused-ring (bicyclic) bond motifs is 1. The summed E-state index contributed by atoms with van der Waals surface area (Å²) in [4.78, 5) is 12.7. The molecule has 0 heterocycles. The van der Waals surface area contributed by atoms with Crippen molar-refractivity contribution >= 4 is 26.6 Å². The van der Waals surface area contributed by atoms with Crippen molar-refractivity contribution in [1.29, 1.82) is 0 Å². The first kappa shape index (κ1) is 19.1. The Balaban J connectivity index is 2.06. The number of ether oxygens (including phenoxy) is 1. The van der Waals surface area contributed by atoms with Gasteiger partial charge in [0.05, 0.1) is 11.5 Å². The van der Waals surface area contributed by atoms with Crippen molar-refractivity contribution in [2.24, 2.45) is 0 Å². The minimum absolute atomic E-state index is 0.0659. The van der Waals surface area contributed by atoms with E-state index in [0.29, 0.717) is 0 Å². The van der Waals surface area contributed by atoms with Crippen LogP contribution in [0.15, 0.2) is 71.6 Å². The first-order valence-electron chi connectivity index (χ1n) is 8.87. The zero-order valence-electron chi connectivity index (χ0n) is 15.4. The zero-order valence-corrected chi connectivity index (χ0v) is 16.2. The van der Waals surface area contributed by atoms with Crippen molar-refractivity contribution < 1.29 is 17.9 Å². The number of hydrogen-bond acceptors (Lipinski definition) is 4. The van der Waals surface area contributed by atoms with E-state index in [1.165, 1.54) is 0 Å². The fraction of sp³-hybridized carbons (Fsp3) is 0.227. The molecule has 0 aliphatic rings. The second-order valence-corrected chi connectivity index (χ2v) is 8.57. The van der Waals surface area contributed by atoms with Crippen LogP contribution < -0.4 is 0 Å². The third-order valence-electron chi connectivity index (χ3n) is 4.56. The van der Waals surface area contributed by atoms with Gasteiger partial charge in [-0.25, -0.2) is 8.42 Å². The van der Waals surface area contributed by atoms with Gasteiger partial charge in [0.25, 0.3) is 0 Å². The van der Waals surface area contributed by atoms with Crippen molar-refractivity contribution in [1.82, 2.24) is 0 Å². The van der Waals surface area contributed by atoms with E-state index in [9.17, 15) is 13.2 Å². The van der Waals surface area contributed by atoms with Gasteiger partial charge in [-0.1, -0.05) is 60.2 Å². The fourth-order valence-electron chi connectivity index (χ4n) is 3.12. The fourth-order valence-corrected chi connectivity index (χ4v) is 4.68. The molecule has 0 amide bonds. The topological polar surface area (TPSA) is 60.4 Å². The lowest BCUT2D eigenvalue weighted by atomic mass is 10.0. The van der Waals surface area contributed by atoms with Gasteiger partial charge in [-0.05, 0) is 42.3 Å². The molecular formula is C22H22O4S. The molecule has 0 aliphatic heterocycles. The highest BCUT2D eigenvalue weighted by molar-refractivity contribution is 7.92. The SMILES string of the molecule is CCOC(=O)C(Cc1cccc2ccccc12)S(=O)(=O)c1ccc(C)cc1. The van der Waals surface area contributed by atoms with Crippen molar-refractivity contribution in [3.63, 3.8) is 0 Å². The van der Waals surface area contributed by atoms with Crippen LogP contribution in [0.1, 0.15) is 18.1 Å². The van der Waals surface area contributed by atoms with Crippen LogP contribution in [0.4, 0.5) is 0 Å². The highest BCUT2D eigenvalue weighted by Crippen LogP contribution is 2.25.